The number of rotatable bonds is 4. The SMILES string of the molecule is CC(=O)C=CCCC=C(C)C. The molecule has 0 saturated carbocycles. The summed E-state index contributed by atoms with van der Waals surface area (Å²) in [7, 11) is 0. The highest BCUT2D eigenvalue weighted by Crippen LogP contribution is 1.97. The molecule has 0 radical (unpaired) electrons. The van der Waals surface area contributed by atoms with Crippen molar-refractivity contribution in [3.05, 3.63) is 23.8 Å². The summed E-state index contributed by atoms with van der Waals surface area (Å²) in [6, 6.07) is 0. The fourth-order valence-corrected chi connectivity index (χ4v) is 0.718. The molecule has 0 amide bonds. The number of hydrogen-bond acceptors (Lipinski definition) is 1. The molecule has 0 aromatic heterocycles. The van der Waals surface area contributed by atoms with Crippen molar-refractivity contribution in [2.24, 2.45) is 0 Å². The zero-order chi connectivity index (χ0) is 8.69. The molecule has 1 heteroatoms. The van der Waals surface area contributed by atoms with Crippen LogP contribution in [-0.4, -0.2) is 5.78 Å². The van der Waals surface area contributed by atoms with E-state index in [1.54, 1.807) is 13.0 Å². The first-order valence-corrected chi connectivity index (χ1v) is 3.93. The maximum Gasteiger partial charge on any atom is 0.152 e. The molecule has 0 unspecified atom stereocenters. The van der Waals surface area contributed by atoms with Crippen LogP contribution in [0.3, 0.4) is 0 Å². The zero-order valence-electron chi connectivity index (χ0n) is 7.55. The molecule has 0 aromatic carbocycles. The fourth-order valence-electron chi connectivity index (χ4n) is 0.718. The van der Waals surface area contributed by atoms with Gasteiger partial charge >= 0.3 is 0 Å². The summed E-state index contributed by atoms with van der Waals surface area (Å²) >= 11 is 0. The van der Waals surface area contributed by atoms with Crippen LogP contribution in [0.5, 0.6) is 0 Å². The highest BCUT2D eigenvalue weighted by atomic mass is 16.1. The summed E-state index contributed by atoms with van der Waals surface area (Å²) in [6.07, 6.45) is 7.71. The molecular formula is C10H16O. The first-order chi connectivity index (χ1) is 5.13. The third kappa shape index (κ3) is 9.15. The van der Waals surface area contributed by atoms with Crippen LogP contribution in [0.25, 0.3) is 0 Å². The normalized spacial score (nSPS) is 10.1. The Morgan fingerprint density at radius 2 is 1.82 bits per heavy atom. The average Bonchev–Trinajstić information content (AvgIpc) is 1.85. The van der Waals surface area contributed by atoms with E-state index in [4.69, 9.17) is 0 Å². The average molecular weight is 152 g/mol. The third-order valence-electron chi connectivity index (χ3n) is 1.24. The summed E-state index contributed by atoms with van der Waals surface area (Å²) in [6.45, 7) is 5.72. The second-order valence-corrected chi connectivity index (χ2v) is 2.87. The van der Waals surface area contributed by atoms with E-state index in [2.05, 4.69) is 19.9 Å². The lowest BCUT2D eigenvalue weighted by molar-refractivity contribution is -0.112. The van der Waals surface area contributed by atoms with Gasteiger partial charge in [0.2, 0.25) is 0 Å². The van der Waals surface area contributed by atoms with Crippen LogP contribution in [0.2, 0.25) is 0 Å². The molecule has 62 valence electrons. The molecule has 0 bridgehead atoms. The summed E-state index contributed by atoms with van der Waals surface area (Å²) in [5.74, 6) is 0.127. The molecule has 0 aliphatic rings. The first-order valence-electron chi connectivity index (χ1n) is 3.93. The molecule has 1 nitrogen and oxygen atoms in total. The Bertz CT molecular complexity index is 171. The van der Waals surface area contributed by atoms with Gasteiger partial charge in [-0.1, -0.05) is 17.7 Å². The largest absolute Gasteiger partial charge is 0.295 e. The monoisotopic (exact) mass is 152 g/mol. The number of hydrogen-bond donors (Lipinski definition) is 0. The van der Waals surface area contributed by atoms with Gasteiger partial charge in [0.15, 0.2) is 5.78 Å². The lowest BCUT2D eigenvalue weighted by atomic mass is 10.2. The quantitative estimate of drug-likeness (QED) is 0.344. The van der Waals surface area contributed by atoms with Gasteiger partial charge in [0.1, 0.15) is 0 Å². The van der Waals surface area contributed by atoms with E-state index >= 15 is 0 Å². The second kappa shape index (κ2) is 5.90. The molecular weight excluding hydrogens is 136 g/mol. The summed E-state index contributed by atoms with van der Waals surface area (Å²) in [4.78, 5) is 10.4. The standard InChI is InChI=1S/C10H16O/c1-9(2)7-5-4-6-8-10(3)11/h6-8H,4-5H2,1-3H3. The minimum atomic E-state index is 0.127. The minimum absolute atomic E-state index is 0.127. The van der Waals surface area contributed by atoms with E-state index < -0.39 is 0 Å². The van der Waals surface area contributed by atoms with E-state index in [-0.39, 0.29) is 5.78 Å². The maximum absolute atomic E-state index is 10.4. The van der Waals surface area contributed by atoms with Gasteiger partial charge in [-0.05, 0) is 39.7 Å². The van der Waals surface area contributed by atoms with E-state index in [1.807, 2.05) is 6.08 Å². The van der Waals surface area contributed by atoms with Crippen molar-refractivity contribution in [3.8, 4) is 0 Å². The van der Waals surface area contributed by atoms with Gasteiger partial charge < -0.3 is 0 Å². The van der Waals surface area contributed by atoms with Crippen molar-refractivity contribution >= 4 is 5.78 Å². The van der Waals surface area contributed by atoms with Gasteiger partial charge in [-0.3, -0.25) is 4.79 Å². The van der Waals surface area contributed by atoms with Gasteiger partial charge in [0.05, 0.1) is 0 Å². The Morgan fingerprint density at radius 3 is 2.27 bits per heavy atom. The number of unbranched alkanes of at least 4 members (excludes halogenated alkanes) is 1. The van der Waals surface area contributed by atoms with Crippen LogP contribution >= 0.6 is 0 Å². The Balaban J connectivity index is 3.42. The van der Waals surface area contributed by atoms with Crippen LogP contribution < -0.4 is 0 Å². The zero-order valence-corrected chi connectivity index (χ0v) is 7.55. The molecule has 0 aromatic rings. The number of carbonyl (C=O) groups is 1. The van der Waals surface area contributed by atoms with Gasteiger partial charge in [-0.2, -0.15) is 0 Å². The minimum Gasteiger partial charge on any atom is -0.295 e. The summed E-state index contributed by atoms with van der Waals surface area (Å²) < 4.78 is 0. The third-order valence-corrected chi connectivity index (χ3v) is 1.24. The summed E-state index contributed by atoms with van der Waals surface area (Å²) in [5, 5.41) is 0. The van der Waals surface area contributed by atoms with Crippen molar-refractivity contribution in [1.82, 2.24) is 0 Å². The molecule has 0 heterocycles. The number of carbonyl (C=O) groups excluding carboxylic acids is 1. The van der Waals surface area contributed by atoms with Crippen LogP contribution in [0.15, 0.2) is 23.8 Å². The highest BCUT2D eigenvalue weighted by Gasteiger charge is 1.81. The highest BCUT2D eigenvalue weighted by molar-refractivity contribution is 5.87. The second-order valence-electron chi connectivity index (χ2n) is 2.87. The molecule has 11 heavy (non-hydrogen) atoms. The van der Waals surface area contributed by atoms with Crippen LogP contribution in [0.1, 0.15) is 33.6 Å². The van der Waals surface area contributed by atoms with Crippen molar-refractivity contribution in [1.29, 1.82) is 0 Å². The molecule has 0 atom stereocenters. The topological polar surface area (TPSA) is 17.1 Å². The molecule has 0 spiro atoms. The molecule has 0 saturated heterocycles. The van der Waals surface area contributed by atoms with Gasteiger partial charge in [0.25, 0.3) is 0 Å². The van der Waals surface area contributed by atoms with Crippen molar-refractivity contribution < 1.29 is 4.79 Å². The predicted octanol–water partition coefficient (Wildman–Crippen LogP) is 2.88. The van der Waals surface area contributed by atoms with Gasteiger partial charge in [-0.15, -0.1) is 0 Å². The van der Waals surface area contributed by atoms with Crippen LogP contribution in [0.4, 0.5) is 0 Å². The van der Waals surface area contributed by atoms with E-state index in [0.717, 1.165) is 12.8 Å². The molecule has 0 aliphatic carbocycles. The lowest BCUT2D eigenvalue weighted by Gasteiger charge is -1.88. The Labute approximate surface area is 68.8 Å². The van der Waals surface area contributed by atoms with Crippen molar-refractivity contribution in [2.45, 2.75) is 33.6 Å². The van der Waals surface area contributed by atoms with Crippen LogP contribution in [0, 0.1) is 0 Å². The van der Waals surface area contributed by atoms with E-state index in [9.17, 15) is 4.79 Å². The molecule has 0 rings (SSSR count). The van der Waals surface area contributed by atoms with Crippen LogP contribution in [-0.2, 0) is 4.79 Å². The Hall–Kier alpha value is -0.850. The van der Waals surface area contributed by atoms with Gasteiger partial charge in [0, 0.05) is 0 Å². The first kappa shape index (κ1) is 10.2. The Morgan fingerprint density at radius 1 is 1.18 bits per heavy atom. The summed E-state index contributed by atoms with van der Waals surface area (Å²) in [5.41, 5.74) is 1.33. The number of ketones is 1. The maximum atomic E-state index is 10.4. The van der Waals surface area contributed by atoms with E-state index in [1.165, 1.54) is 5.57 Å². The Kier molecular flexibility index (Phi) is 5.44. The van der Waals surface area contributed by atoms with Crippen molar-refractivity contribution in [2.75, 3.05) is 0 Å². The van der Waals surface area contributed by atoms with Gasteiger partial charge in [-0.25, -0.2) is 0 Å². The smallest absolute Gasteiger partial charge is 0.152 e. The molecule has 0 N–H and O–H groups in total. The number of allylic oxidation sites excluding steroid dienone is 4. The fraction of sp³-hybridized carbons (Fsp3) is 0.500. The molecule has 0 aliphatic heterocycles. The predicted molar refractivity (Wildman–Crippen MR) is 48.5 cm³/mol. The van der Waals surface area contributed by atoms with E-state index in [0.29, 0.717) is 0 Å². The van der Waals surface area contributed by atoms with Crippen molar-refractivity contribution in [3.63, 3.8) is 0 Å². The lowest BCUT2D eigenvalue weighted by Crippen LogP contribution is -1.79. The molecule has 0 fully saturated rings.